The molecule has 0 aliphatic heterocycles. The number of rotatable bonds is 5. The van der Waals surface area contributed by atoms with E-state index in [9.17, 15) is 0 Å². The van der Waals surface area contributed by atoms with E-state index in [1.165, 1.54) is 5.56 Å². The van der Waals surface area contributed by atoms with Gasteiger partial charge in [0.05, 0.1) is 17.9 Å². The van der Waals surface area contributed by atoms with Crippen LogP contribution in [0.3, 0.4) is 0 Å². The summed E-state index contributed by atoms with van der Waals surface area (Å²) in [5, 5.41) is 9.67. The summed E-state index contributed by atoms with van der Waals surface area (Å²) in [6.45, 7) is 2.15. The predicted octanol–water partition coefficient (Wildman–Crippen LogP) is 5.07. The summed E-state index contributed by atoms with van der Waals surface area (Å²) < 4.78 is 1.82. The van der Waals surface area contributed by atoms with Crippen molar-refractivity contribution in [2.24, 2.45) is 0 Å². The summed E-state index contributed by atoms with van der Waals surface area (Å²) in [7, 11) is 0. The molecule has 1 unspecified atom stereocenters. The summed E-state index contributed by atoms with van der Waals surface area (Å²) in [4.78, 5) is 9.60. The van der Waals surface area contributed by atoms with Crippen LogP contribution in [0.25, 0.3) is 16.2 Å². The van der Waals surface area contributed by atoms with Crippen LogP contribution in [0, 0.1) is 0 Å². The Bertz CT molecular complexity index is 946. The molecule has 0 saturated heterocycles. The molecular weight excluding hydrogens is 354 g/mol. The van der Waals surface area contributed by atoms with Crippen molar-refractivity contribution in [2.75, 3.05) is 5.32 Å². The first-order chi connectivity index (χ1) is 12.2. The van der Waals surface area contributed by atoms with E-state index in [-0.39, 0.29) is 6.04 Å². The lowest BCUT2D eigenvalue weighted by atomic mass is 10.1. The molecule has 0 bridgehead atoms. The summed E-state index contributed by atoms with van der Waals surface area (Å²) in [5.74, 6) is 0. The Morgan fingerprint density at radius 3 is 2.60 bits per heavy atom. The van der Waals surface area contributed by atoms with Crippen molar-refractivity contribution >= 4 is 33.0 Å². The molecule has 25 heavy (non-hydrogen) atoms. The van der Waals surface area contributed by atoms with E-state index in [2.05, 4.69) is 27.3 Å². The Balaban J connectivity index is 1.58. The van der Waals surface area contributed by atoms with Crippen LogP contribution < -0.4 is 5.32 Å². The smallest absolute Gasteiger partial charge is 0.214 e. The largest absolute Gasteiger partial charge is 0.353 e. The van der Waals surface area contributed by atoms with E-state index in [0.29, 0.717) is 0 Å². The number of nitrogens with one attached hydrogen (secondary N) is 1. The van der Waals surface area contributed by atoms with Crippen LogP contribution in [-0.2, 0) is 0 Å². The van der Waals surface area contributed by atoms with E-state index in [1.54, 1.807) is 11.3 Å². The van der Waals surface area contributed by atoms with Gasteiger partial charge in [0, 0.05) is 23.0 Å². The standard InChI is InChI=1S/C18H16ClN5S/c1-2-15(13-7-9-20-10-8-13)21-17-23-24-11-16(22-18(24)25-17)12-3-5-14(19)6-4-12/h3-11,15H,2H2,1H3,(H,21,23). The molecule has 126 valence electrons. The quantitative estimate of drug-likeness (QED) is 0.533. The summed E-state index contributed by atoms with van der Waals surface area (Å²) in [5.41, 5.74) is 3.12. The molecule has 0 saturated carbocycles. The van der Waals surface area contributed by atoms with Gasteiger partial charge in [-0.2, -0.15) is 0 Å². The predicted molar refractivity (Wildman–Crippen MR) is 102 cm³/mol. The van der Waals surface area contributed by atoms with Crippen LogP contribution in [0.2, 0.25) is 5.02 Å². The molecule has 1 aromatic carbocycles. The maximum Gasteiger partial charge on any atom is 0.214 e. The molecule has 7 heteroatoms. The lowest BCUT2D eigenvalue weighted by molar-refractivity contribution is 0.742. The SMILES string of the molecule is CCC(Nc1nn2cc(-c3ccc(Cl)cc3)nc2s1)c1ccncc1. The second kappa shape index (κ2) is 6.82. The number of anilines is 1. The third kappa shape index (κ3) is 3.36. The van der Waals surface area contributed by atoms with E-state index in [0.717, 1.165) is 32.8 Å². The molecule has 4 rings (SSSR count). The van der Waals surface area contributed by atoms with Gasteiger partial charge < -0.3 is 5.32 Å². The molecule has 3 aromatic heterocycles. The highest BCUT2D eigenvalue weighted by Crippen LogP contribution is 2.28. The maximum absolute atomic E-state index is 5.94. The second-order valence-electron chi connectivity index (χ2n) is 5.65. The van der Waals surface area contributed by atoms with Gasteiger partial charge in [-0.15, -0.1) is 5.10 Å². The number of hydrogen-bond donors (Lipinski definition) is 1. The van der Waals surface area contributed by atoms with Gasteiger partial charge in [0.2, 0.25) is 10.1 Å². The molecule has 0 aliphatic carbocycles. The van der Waals surface area contributed by atoms with E-state index >= 15 is 0 Å². The van der Waals surface area contributed by atoms with Gasteiger partial charge in [0.1, 0.15) is 0 Å². The van der Waals surface area contributed by atoms with Crippen LogP contribution in [0.15, 0.2) is 55.0 Å². The molecule has 1 N–H and O–H groups in total. The first-order valence-corrected chi connectivity index (χ1v) is 9.21. The number of halogens is 1. The van der Waals surface area contributed by atoms with Gasteiger partial charge in [-0.1, -0.05) is 42.0 Å². The molecule has 4 aromatic rings. The minimum absolute atomic E-state index is 0.203. The summed E-state index contributed by atoms with van der Waals surface area (Å²) in [6.07, 6.45) is 6.52. The molecule has 0 aliphatic rings. The molecule has 5 nitrogen and oxygen atoms in total. The molecule has 1 atom stereocenters. The van der Waals surface area contributed by atoms with Crippen molar-refractivity contribution in [3.8, 4) is 11.3 Å². The second-order valence-corrected chi connectivity index (χ2v) is 7.05. The van der Waals surface area contributed by atoms with Gasteiger partial charge in [0.25, 0.3) is 0 Å². The minimum Gasteiger partial charge on any atom is -0.353 e. The fourth-order valence-electron chi connectivity index (χ4n) is 2.68. The highest BCUT2D eigenvalue weighted by atomic mass is 35.5. The summed E-state index contributed by atoms with van der Waals surface area (Å²) in [6, 6.07) is 11.9. The maximum atomic E-state index is 5.94. The highest BCUT2D eigenvalue weighted by molar-refractivity contribution is 7.20. The number of aromatic nitrogens is 4. The molecular formula is C18H16ClN5S. The number of pyridine rings is 1. The zero-order valence-corrected chi connectivity index (χ0v) is 15.1. The monoisotopic (exact) mass is 369 g/mol. The van der Waals surface area contributed by atoms with Crippen molar-refractivity contribution in [1.29, 1.82) is 0 Å². The first-order valence-electron chi connectivity index (χ1n) is 8.01. The van der Waals surface area contributed by atoms with Crippen molar-refractivity contribution in [1.82, 2.24) is 19.6 Å². The van der Waals surface area contributed by atoms with Crippen molar-refractivity contribution in [3.63, 3.8) is 0 Å². The fourth-order valence-corrected chi connectivity index (χ4v) is 3.64. The Labute approximate surface area is 154 Å². The molecule has 3 heterocycles. The molecule has 0 radical (unpaired) electrons. The fraction of sp³-hybridized carbons (Fsp3) is 0.167. The lowest BCUT2D eigenvalue weighted by Crippen LogP contribution is -2.09. The average Bonchev–Trinajstić information content (AvgIpc) is 3.19. The van der Waals surface area contributed by atoms with E-state index in [4.69, 9.17) is 11.6 Å². The van der Waals surface area contributed by atoms with Gasteiger partial charge >= 0.3 is 0 Å². The Morgan fingerprint density at radius 2 is 1.92 bits per heavy atom. The average molecular weight is 370 g/mol. The number of hydrogen-bond acceptors (Lipinski definition) is 5. The van der Waals surface area contributed by atoms with Crippen LogP contribution in [-0.4, -0.2) is 19.6 Å². The molecule has 0 amide bonds. The van der Waals surface area contributed by atoms with Crippen LogP contribution in [0.5, 0.6) is 0 Å². The lowest BCUT2D eigenvalue weighted by Gasteiger charge is -2.15. The van der Waals surface area contributed by atoms with Crippen molar-refractivity contribution in [3.05, 3.63) is 65.6 Å². The highest BCUT2D eigenvalue weighted by Gasteiger charge is 2.14. The van der Waals surface area contributed by atoms with Gasteiger partial charge in [-0.25, -0.2) is 9.50 Å². The molecule has 0 spiro atoms. The van der Waals surface area contributed by atoms with Gasteiger partial charge in [-0.3, -0.25) is 4.98 Å². The van der Waals surface area contributed by atoms with Gasteiger partial charge in [0.15, 0.2) is 0 Å². The summed E-state index contributed by atoms with van der Waals surface area (Å²) >= 11 is 7.48. The topological polar surface area (TPSA) is 55.1 Å². The third-order valence-corrected chi connectivity index (χ3v) is 5.10. The normalized spacial score (nSPS) is 12.4. The number of imidazole rings is 1. The molecule has 0 fully saturated rings. The number of nitrogens with zero attached hydrogens (tertiary/aromatic N) is 4. The van der Waals surface area contributed by atoms with Crippen molar-refractivity contribution < 1.29 is 0 Å². The Morgan fingerprint density at radius 1 is 1.16 bits per heavy atom. The number of benzene rings is 1. The van der Waals surface area contributed by atoms with Crippen LogP contribution in [0.1, 0.15) is 24.9 Å². The number of fused-ring (bicyclic) bond motifs is 1. The van der Waals surface area contributed by atoms with Crippen LogP contribution >= 0.6 is 22.9 Å². The van der Waals surface area contributed by atoms with E-state index in [1.807, 2.05) is 59.5 Å². The third-order valence-electron chi connectivity index (χ3n) is 4.00. The van der Waals surface area contributed by atoms with Crippen molar-refractivity contribution in [2.45, 2.75) is 19.4 Å². The first kappa shape index (κ1) is 16.1. The zero-order valence-electron chi connectivity index (χ0n) is 13.6. The minimum atomic E-state index is 0.203. The Hall–Kier alpha value is -2.44. The van der Waals surface area contributed by atoms with E-state index < -0.39 is 0 Å². The van der Waals surface area contributed by atoms with Gasteiger partial charge in [-0.05, 0) is 36.2 Å². The Kier molecular flexibility index (Phi) is 4.38. The van der Waals surface area contributed by atoms with Crippen LogP contribution in [0.4, 0.5) is 5.13 Å². The zero-order chi connectivity index (χ0) is 17.2.